The topological polar surface area (TPSA) is 53.4 Å². The summed E-state index contributed by atoms with van der Waals surface area (Å²) in [7, 11) is 0. The molecule has 0 aliphatic carbocycles. The second-order valence-corrected chi connectivity index (χ2v) is 4.61. The molecule has 0 fully saturated rings. The molecular formula is C9H10BrCl2NO2. The van der Waals surface area contributed by atoms with Crippen molar-refractivity contribution in [2.75, 3.05) is 5.33 Å². The van der Waals surface area contributed by atoms with Gasteiger partial charge in [-0.1, -0.05) is 39.1 Å². The van der Waals surface area contributed by atoms with E-state index in [4.69, 9.17) is 23.2 Å². The Bertz CT molecular complexity index is 318. The zero-order valence-electron chi connectivity index (χ0n) is 7.70. The molecule has 0 radical (unpaired) electrons. The van der Waals surface area contributed by atoms with E-state index in [1.54, 1.807) is 0 Å². The molecule has 1 aromatic rings. The van der Waals surface area contributed by atoms with Gasteiger partial charge in [0, 0.05) is 23.3 Å². The van der Waals surface area contributed by atoms with Crippen molar-refractivity contribution in [2.45, 2.75) is 18.6 Å². The van der Waals surface area contributed by atoms with Crippen LogP contribution < -0.4 is 0 Å². The summed E-state index contributed by atoms with van der Waals surface area (Å²) < 4.78 is 0. The largest absolute Gasteiger partial charge is 0.390 e. The quantitative estimate of drug-likeness (QED) is 0.840. The molecule has 1 rings (SSSR count). The number of halogens is 3. The number of aromatic nitrogens is 1. The van der Waals surface area contributed by atoms with Crippen LogP contribution in [0.1, 0.15) is 18.1 Å². The molecule has 6 heteroatoms. The standard InChI is InChI=1S/C9H10BrCl2NO2/c10-2-1-7(14)9(15)8-5(11)3-13-4-6(8)12/h3-4,7,9,14-15H,1-2H2. The predicted molar refractivity (Wildman–Crippen MR) is 63.6 cm³/mol. The monoisotopic (exact) mass is 313 g/mol. The molecule has 1 aromatic heterocycles. The van der Waals surface area contributed by atoms with Gasteiger partial charge in [0.2, 0.25) is 0 Å². The van der Waals surface area contributed by atoms with E-state index < -0.39 is 12.2 Å². The Morgan fingerprint density at radius 2 is 1.80 bits per heavy atom. The first-order valence-electron chi connectivity index (χ1n) is 4.29. The molecule has 0 spiro atoms. The average molecular weight is 315 g/mol. The van der Waals surface area contributed by atoms with Crippen LogP contribution in [-0.4, -0.2) is 26.6 Å². The van der Waals surface area contributed by atoms with Crippen molar-refractivity contribution in [3.63, 3.8) is 0 Å². The van der Waals surface area contributed by atoms with E-state index in [1.165, 1.54) is 12.4 Å². The van der Waals surface area contributed by atoms with Gasteiger partial charge >= 0.3 is 0 Å². The predicted octanol–water partition coefficient (Wildman–Crippen LogP) is 2.57. The highest BCUT2D eigenvalue weighted by Gasteiger charge is 2.22. The zero-order chi connectivity index (χ0) is 11.4. The molecule has 0 saturated carbocycles. The molecule has 0 aromatic carbocycles. The third-order valence-electron chi connectivity index (χ3n) is 1.96. The van der Waals surface area contributed by atoms with Crippen molar-refractivity contribution in [3.8, 4) is 0 Å². The molecule has 0 bridgehead atoms. The number of hydrogen-bond acceptors (Lipinski definition) is 3. The average Bonchev–Trinajstić information content (AvgIpc) is 2.17. The van der Waals surface area contributed by atoms with Crippen LogP contribution in [0.25, 0.3) is 0 Å². The fraction of sp³-hybridized carbons (Fsp3) is 0.444. The van der Waals surface area contributed by atoms with E-state index in [-0.39, 0.29) is 10.0 Å². The van der Waals surface area contributed by atoms with E-state index in [2.05, 4.69) is 20.9 Å². The summed E-state index contributed by atoms with van der Waals surface area (Å²) in [6.07, 6.45) is 1.18. The van der Waals surface area contributed by atoms with Gasteiger partial charge in [-0.05, 0) is 6.42 Å². The van der Waals surface area contributed by atoms with Gasteiger partial charge in [0.05, 0.1) is 16.1 Å². The Kier molecular flexibility index (Phi) is 5.29. The number of aliphatic hydroxyl groups is 2. The van der Waals surface area contributed by atoms with Crippen molar-refractivity contribution in [2.24, 2.45) is 0 Å². The van der Waals surface area contributed by atoms with Crippen LogP contribution in [0.4, 0.5) is 0 Å². The first-order chi connectivity index (χ1) is 7.07. The highest BCUT2D eigenvalue weighted by molar-refractivity contribution is 9.09. The molecule has 0 amide bonds. The summed E-state index contributed by atoms with van der Waals surface area (Å²) in [5.41, 5.74) is 0.321. The summed E-state index contributed by atoms with van der Waals surface area (Å²) in [5.74, 6) is 0. The molecule has 0 aliphatic heterocycles. The van der Waals surface area contributed by atoms with Crippen molar-refractivity contribution >= 4 is 39.1 Å². The first kappa shape index (κ1) is 13.2. The lowest BCUT2D eigenvalue weighted by Gasteiger charge is -2.19. The van der Waals surface area contributed by atoms with Gasteiger partial charge < -0.3 is 10.2 Å². The lowest BCUT2D eigenvalue weighted by atomic mass is 10.0. The van der Waals surface area contributed by atoms with Crippen LogP contribution in [0.5, 0.6) is 0 Å². The van der Waals surface area contributed by atoms with Crippen LogP contribution in [0.15, 0.2) is 12.4 Å². The highest BCUT2D eigenvalue weighted by atomic mass is 79.9. The smallest absolute Gasteiger partial charge is 0.108 e. The molecule has 0 aliphatic rings. The minimum absolute atomic E-state index is 0.253. The van der Waals surface area contributed by atoms with Gasteiger partial charge in [0.1, 0.15) is 6.10 Å². The zero-order valence-corrected chi connectivity index (χ0v) is 10.8. The molecular weight excluding hydrogens is 305 g/mol. The Hall–Kier alpha value is 0.130. The molecule has 84 valence electrons. The number of hydrogen-bond donors (Lipinski definition) is 2. The van der Waals surface area contributed by atoms with Crippen LogP contribution in [-0.2, 0) is 0 Å². The van der Waals surface area contributed by atoms with Crippen molar-refractivity contribution in [1.29, 1.82) is 0 Å². The second kappa shape index (κ2) is 6.01. The van der Waals surface area contributed by atoms with E-state index in [0.717, 1.165) is 0 Å². The number of alkyl halides is 1. The summed E-state index contributed by atoms with van der Waals surface area (Å²) in [4.78, 5) is 3.77. The summed E-state index contributed by atoms with van der Waals surface area (Å²) in [5, 5.41) is 20.5. The number of nitrogens with zero attached hydrogens (tertiary/aromatic N) is 1. The third-order valence-corrected chi connectivity index (χ3v) is 3.02. The van der Waals surface area contributed by atoms with Gasteiger partial charge in [-0.3, -0.25) is 4.98 Å². The number of rotatable bonds is 4. The fourth-order valence-corrected chi connectivity index (χ4v) is 2.22. The Morgan fingerprint density at radius 3 is 2.27 bits per heavy atom. The van der Waals surface area contributed by atoms with Gasteiger partial charge in [0.15, 0.2) is 0 Å². The molecule has 1 heterocycles. The Morgan fingerprint density at radius 1 is 1.27 bits per heavy atom. The van der Waals surface area contributed by atoms with E-state index in [0.29, 0.717) is 17.3 Å². The van der Waals surface area contributed by atoms with Gasteiger partial charge in [-0.15, -0.1) is 0 Å². The van der Waals surface area contributed by atoms with Crippen LogP contribution >= 0.6 is 39.1 Å². The summed E-state index contributed by atoms with van der Waals surface area (Å²) in [6.45, 7) is 0. The first-order valence-corrected chi connectivity index (χ1v) is 6.16. The van der Waals surface area contributed by atoms with E-state index in [9.17, 15) is 10.2 Å². The van der Waals surface area contributed by atoms with Gasteiger partial charge in [-0.25, -0.2) is 0 Å². The fourth-order valence-electron chi connectivity index (χ4n) is 1.17. The molecule has 3 nitrogen and oxygen atoms in total. The summed E-state index contributed by atoms with van der Waals surface area (Å²) in [6, 6.07) is 0. The van der Waals surface area contributed by atoms with Crippen LogP contribution in [0.2, 0.25) is 10.0 Å². The molecule has 0 saturated heterocycles. The maximum absolute atomic E-state index is 9.81. The normalized spacial score (nSPS) is 15.0. The van der Waals surface area contributed by atoms with Crippen molar-refractivity contribution in [1.82, 2.24) is 4.98 Å². The van der Waals surface area contributed by atoms with Gasteiger partial charge in [0.25, 0.3) is 0 Å². The van der Waals surface area contributed by atoms with E-state index >= 15 is 0 Å². The van der Waals surface area contributed by atoms with Crippen molar-refractivity contribution in [3.05, 3.63) is 28.0 Å². The Balaban J connectivity index is 2.94. The lowest BCUT2D eigenvalue weighted by Crippen LogP contribution is -2.19. The van der Waals surface area contributed by atoms with Crippen LogP contribution in [0, 0.1) is 0 Å². The number of aliphatic hydroxyl groups excluding tert-OH is 2. The van der Waals surface area contributed by atoms with Gasteiger partial charge in [-0.2, -0.15) is 0 Å². The molecule has 2 N–H and O–H groups in total. The maximum atomic E-state index is 9.81. The third kappa shape index (κ3) is 3.29. The Labute approximate surface area is 106 Å². The maximum Gasteiger partial charge on any atom is 0.108 e. The SMILES string of the molecule is OC(CCBr)C(O)c1c(Cl)cncc1Cl. The van der Waals surface area contributed by atoms with E-state index in [1.807, 2.05) is 0 Å². The minimum Gasteiger partial charge on any atom is -0.390 e. The highest BCUT2D eigenvalue weighted by Crippen LogP contribution is 2.31. The number of pyridine rings is 1. The summed E-state index contributed by atoms with van der Waals surface area (Å²) >= 11 is 14.9. The second-order valence-electron chi connectivity index (χ2n) is 3.01. The molecule has 15 heavy (non-hydrogen) atoms. The van der Waals surface area contributed by atoms with Crippen molar-refractivity contribution < 1.29 is 10.2 Å². The lowest BCUT2D eigenvalue weighted by molar-refractivity contribution is 0.0174. The molecule has 2 unspecified atom stereocenters. The van der Waals surface area contributed by atoms with Crippen LogP contribution in [0.3, 0.4) is 0 Å². The molecule has 2 atom stereocenters. The minimum atomic E-state index is -1.09.